The Labute approximate surface area is 198 Å². The second kappa shape index (κ2) is 9.34. The molecule has 0 saturated carbocycles. The molecule has 0 bridgehead atoms. The fourth-order valence-corrected chi connectivity index (χ4v) is 4.81. The number of benzene rings is 2. The fraction of sp³-hybridized carbons (Fsp3) is 0.400. The number of anilines is 3. The molecule has 9 heteroatoms. The fourth-order valence-electron chi connectivity index (χ4n) is 4.81. The molecular formula is C25H28N4O5. The van der Waals surface area contributed by atoms with Crippen LogP contribution in [0.1, 0.15) is 26.2 Å². The summed E-state index contributed by atoms with van der Waals surface area (Å²) in [7, 11) is 0. The first-order valence-corrected chi connectivity index (χ1v) is 11.6. The number of ether oxygens (including phenoxy) is 2. The van der Waals surface area contributed by atoms with E-state index in [1.54, 1.807) is 23.1 Å². The molecule has 2 aromatic rings. The summed E-state index contributed by atoms with van der Waals surface area (Å²) in [5, 5.41) is 5.86. The molecule has 3 amide bonds. The van der Waals surface area contributed by atoms with Gasteiger partial charge in [0.15, 0.2) is 11.5 Å². The van der Waals surface area contributed by atoms with Crippen molar-refractivity contribution in [2.45, 2.75) is 32.2 Å². The first kappa shape index (κ1) is 22.2. The predicted molar refractivity (Wildman–Crippen MR) is 127 cm³/mol. The average Bonchev–Trinajstić information content (AvgIpc) is 3.23. The third-order valence-corrected chi connectivity index (χ3v) is 6.59. The van der Waals surface area contributed by atoms with Crippen LogP contribution in [-0.2, 0) is 14.4 Å². The van der Waals surface area contributed by atoms with Gasteiger partial charge in [-0.3, -0.25) is 19.3 Å². The largest absolute Gasteiger partial charge is 0.454 e. The number of fused-ring (bicyclic) bond motifs is 2. The highest BCUT2D eigenvalue weighted by Crippen LogP contribution is 2.35. The van der Waals surface area contributed by atoms with Crippen molar-refractivity contribution in [2.75, 3.05) is 42.0 Å². The van der Waals surface area contributed by atoms with Crippen LogP contribution in [0.2, 0.25) is 0 Å². The molecule has 3 aliphatic heterocycles. The van der Waals surface area contributed by atoms with E-state index in [4.69, 9.17) is 9.47 Å². The first-order valence-electron chi connectivity index (χ1n) is 11.6. The Balaban J connectivity index is 1.17. The van der Waals surface area contributed by atoms with E-state index in [2.05, 4.69) is 15.5 Å². The van der Waals surface area contributed by atoms with E-state index in [0.29, 0.717) is 48.8 Å². The van der Waals surface area contributed by atoms with Gasteiger partial charge in [0.1, 0.15) is 0 Å². The molecule has 1 saturated heterocycles. The lowest BCUT2D eigenvalue weighted by molar-refractivity contribution is -0.122. The lowest BCUT2D eigenvalue weighted by atomic mass is 9.95. The lowest BCUT2D eigenvalue weighted by Crippen LogP contribution is -2.47. The number of carbonyl (C=O) groups is 3. The van der Waals surface area contributed by atoms with Crippen LogP contribution >= 0.6 is 0 Å². The van der Waals surface area contributed by atoms with Crippen LogP contribution in [0.5, 0.6) is 11.5 Å². The van der Waals surface area contributed by atoms with Gasteiger partial charge in [0.2, 0.25) is 24.5 Å². The number of likely N-dealkylation sites (tertiary alicyclic amines) is 1. The van der Waals surface area contributed by atoms with Crippen molar-refractivity contribution < 1.29 is 23.9 Å². The summed E-state index contributed by atoms with van der Waals surface area (Å²) < 4.78 is 10.7. The molecule has 178 valence electrons. The second-order valence-electron chi connectivity index (χ2n) is 8.99. The predicted octanol–water partition coefficient (Wildman–Crippen LogP) is 2.83. The van der Waals surface area contributed by atoms with Crippen molar-refractivity contribution in [3.8, 4) is 11.5 Å². The van der Waals surface area contributed by atoms with Crippen LogP contribution in [0, 0.1) is 5.92 Å². The van der Waals surface area contributed by atoms with Crippen molar-refractivity contribution in [1.82, 2.24) is 4.90 Å². The number of piperidine rings is 1. The quantitative estimate of drug-likeness (QED) is 0.722. The van der Waals surface area contributed by atoms with E-state index in [9.17, 15) is 14.4 Å². The number of hydrogen-bond acceptors (Lipinski definition) is 6. The van der Waals surface area contributed by atoms with Crippen molar-refractivity contribution in [1.29, 1.82) is 0 Å². The molecule has 5 rings (SSSR count). The lowest BCUT2D eigenvalue weighted by Gasteiger charge is -2.34. The summed E-state index contributed by atoms with van der Waals surface area (Å²) in [6.45, 7) is 3.66. The summed E-state index contributed by atoms with van der Waals surface area (Å²) in [5.74, 6) is 1.04. The van der Waals surface area contributed by atoms with Gasteiger partial charge in [0.05, 0.1) is 17.9 Å². The zero-order valence-corrected chi connectivity index (χ0v) is 19.1. The van der Waals surface area contributed by atoms with Gasteiger partial charge >= 0.3 is 0 Å². The normalized spacial score (nSPS) is 20.3. The highest BCUT2D eigenvalue weighted by atomic mass is 16.7. The van der Waals surface area contributed by atoms with Gasteiger partial charge in [-0.05, 0) is 57.1 Å². The zero-order chi connectivity index (χ0) is 23.7. The smallest absolute Gasteiger partial charge is 0.241 e. The molecule has 3 aliphatic rings. The molecule has 0 aromatic heterocycles. The number of amides is 3. The Bertz CT molecular complexity index is 1110. The van der Waals surface area contributed by atoms with Gasteiger partial charge in [0, 0.05) is 30.1 Å². The van der Waals surface area contributed by atoms with Crippen molar-refractivity contribution in [2.24, 2.45) is 5.92 Å². The number of nitrogens with zero attached hydrogens (tertiary/aromatic N) is 2. The monoisotopic (exact) mass is 464 g/mol. The van der Waals surface area contributed by atoms with E-state index in [-0.39, 0.29) is 49.4 Å². The summed E-state index contributed by atoms with van der Waals surface area (Å²) in [6, 6.07) is 12.5. The standard InChI is InChI=1S/C25H28N4O5/c1-16-12-23(30)27-19-4-2-3-5-20(19)29(16)24(31)14-28-10-8-17(9-11-28)25(32)26-18-6-7-21-22(13-18)34-15-33-21/h2-7,13,16-17H,8-12,14-15H2,1H3,(H,26,32)(H,27,30)/t16-/m0/s1. The Morgan fingerprint density at radius 1 is 1.09 bits per heavy atom. The van der Waals surface area contributed by atoms with E-state index in [0.717, 1.165) is 5.69 Å². The van der Waals surface area contributed by atoms with Crippen molar-refractivity contribution in [3.05, 3.63) is 42.5 Å². The molecule has 0 spiro atoms. The second-order valence-corrected chi connectivity index (χ2v) is 8.99. The minimum absolute atomic E-state index is 0.0236. The molecule has 0 radical (unpaired) electrons. The molecule has 2 N–H and O–H groups in total. The van der Waals surface area contributed by atoms with E-state index >= 15 is 0 Å². The number of rotatable bonds is 4. The molecule has 0 aliphatic carbocycles. The maximum absolute atomic E-state index is 13.3. The van der Waals surface area contributed by atoms with Gasteiger partial charge in [-0.25, -0.2) is 0 Å². The average molecular weight is 465 g/mol. The minimum atomic E-state index is -0.235. The molecule has 2 aromatic carbocycles. The van der Waals surface area contributed by atoms with Crippen LogP contribution < -0.4 is 25.0 Å². The van der Waals surface area contributed by atoms with E-state index in [1.807, 2.05) is 31.2 Å². The van der Waals surface area contributed by atoms with Gasteiger partial charge in [-0.1, -0.05) is 12.1 Å². The summed E-state index contributed by atoms with van der Waals surface area (Å²) in [6.07, 6.45) is 1.61. The van der Waals surface area contributed by atoms with Gasteiger partial charge in [-0.2, -0.15) is 0 Å². The van der Waals surface area contributed by atoms with Crippen LogP contribution in [0.25, 0.3) is 0 Å². The Morgan fingerprint density at radius 3 is 2.68 bits per heavy atom. The maximum Gasteiger partial charge on any atom is 0.241 e. The Hall–Kier alpha value is -3.59. The van der Waals surface area contributed by atoms with Crippen molar-refractivity contribution >= 4 is 34.8 Å². The maximum atomic E-state index is 13.3. The topological polar surface area (TPSA) is 100 Å². The molecular weight excluding hydrogens is 436 g/mol. The van der Waals surface area contributed by atoms with Crippen LogP contribution in [0.3, 0.4) is 0 Å². The number of nitrogens with one attached hydrogen (secondary N) is 2. The Morgan fingerprint density at radius 2 is 1.85 bits per heavy atom. The zero-order valence-electron chi connectivity index (χ0n) is 19.1. The highest BCUT2D eigenvalue weighted by molar-refractivity contribution is 6.05. The summed E-state index contributed by atoms with van der Waals surface area (Å²) >= 11 is 0. The van der Waals surface area contributed by atoms with Crippen LogP contribution in [0.15, 0.2) is 42.5 Å². The molecule has 34 heavy (non-hydrogen) atoms. The minimum Gasteiger partial charge on any atom is -0.454 e. The van der Waals surface area contributed by atoms with Crippen LogP contribution in [-0.4, -0.2) is 55.1 Å². The first-order chi connectivity index (χ1) is 16.5. The van der Waals surface area contributed by atoms with Gasteiger partial charge in [0.25, 0.3) is 0 Å². The van der Waals surface area contributed by atoms with Gasteiger partial charge < -0.3 is 25.0 Å². The third kappa shape index (κ3) is 4.56. The number of carbonyl (C=O) groups excluding carboxylic acids is 3. The molecule has 9 nitrogen and oxygen atoms in total. The SMILES string of the molecule is C[C@H]1CC(=O)Nc2ccccc2N1C(=O)CN1CCC(C(=O)Nc2ccc3c(c2)OCO3)CC1. The van der Waals surface area contributed by atoms with Crippen molar-refractivity contribution in [3.63, 3.8) is 0 Å². The van der Waals surface area contributed by atoms with Gasteiger partial charge in [-0.15, -0.1) is 0 Å². The molecule has 3 heterocycles. The number of para-hydroxylation sites is 2. The summed E-state index contributed by atoms with van der Waals surface area (Å²) in [4.78, 5) is 42.1. The Kier molecular flexibility index (Phi) is 6.10. The molecule has 0 unspecified atom stereocenters. The van der Waals surface area contributed by atoms with Crippen LogP contribution in [0.4, 0.5) is 17.1 Å². The number of hydrogen-bond donors (Lipinski definition) is 2. The summed E-state index contributed by atoms with van der Waals surface area (Å²) in [5.41, 5.74) is 2.07. The molecule has 1 fully saturated rings. The van der Waals surface area contributed by atoms with E-state index < -0.39 is 0 Å². The third-order valence-electron chi connectivity index (χ3n) is 6.59. The highest BCUT2D eigenvalue weighted by Gasteiger charge is 2.32. The van der Waals surface area contributed by atoms with E-state index in [1.165, 1.54) is 0 Å². The molecule has 1 atom stereocenters.